The lowest BCUT2D eigenvalue weighted by Crippen LogP contribution is -2.48. The van der Waals surface area contributed by atoms with E-state index in [0.717, 1.165) is 19.6 Å². The lowest BCUT2D eigenvalue weighted by Gasteiger charge is -2.27. The van der Waals surface area contributed by atoms with E-state index in [9.17, 15) is 0 Å². The van der Waals surface area contributed by atoms with Crippen LogP contribution in [0.3, 0.4) is 0 Å². The van der Waals surface area contributed by atoms with Crippen molar-refractivity contribution < 1.29 is 4.74 Å². The molecule has 1 N–H and O–H groups in total. The van der Waals surface area contributed by atoms with Crippen LogP contribution in [0.2, 0.25) is 0 Å². The first-order valence-electron chi connectivity index (χ1n) is 4.69. The second kappa shape index (κ2) is 5.40. The first-order valence-corrected chi connectivity index (χ1v) is 5.76. The van der Waals surface area contributed by atoms with Gasteiger partial charge in [-0.3, -0.25) is 0 Å². The Bertz CT molecular complexity index is 145. The fourth-order valence-corrected chi connectivity index (χ4v) is 1.77. The summed E-state index contributed by atoms with van der Waals surface area (Å²) in [7, 11) is 0. The molecule has 1 atom stereocenters. The van der Waals surface area contributed by atoms with Gasteiger partial charge in [0, 0.05) is 30.5 Å². The Labute approximate surface area is 89.9 Å². The Morgan fingerprint density at radius 1 is 1.46 bits per heavy atom. The third kappa shape index (κ3) is 3.62. The second-order valence-electron chi connectivity index (χ2n) is 3.84. The molecule has 1 unspecified atom stereocenters. The van der Waals surface area contributed by atoms with Gasteiger partial charge in [0.25, 0.3) is 0 Å². The third-order valence-corrected chi connectivity index (χ3v) is 3.55. The molecule has 1 heterocycles. The van der Waals surface area contributed by atoms with Crippen LogP contribution in [0.1, 0.15) is 19.8 Å². The summed E-state index contributed by atoms with van der Waals surface area (Å²) in [4.78, 5) is 0. The van der Waals surface area contributed by atoms with Gasteiger partial charge in [0.05, 0.1) is 6.10 Å². The number of halogens is 2. The van der Waals surface area contributed by atoms with Crippen LogP contribution in [0.4, 0.5) is 0 Å². The van der Waals surface area contributed by atoms with Crippen LogP contribution in [-0.2, 0) is 4.74 Å². The Hall–Kier alpha value is 0.500. The fourth-order valence-electron chi connectivity index (χ4n) is 1.30. The molecule has 1 aliphatic rings. The van der Waals surface area contributed by atoms with Crippen molar-refractivity contribution in [1.82, 2.24) is 5.32 Å². The van der Waals surface area contributed by atoms with Crippen molar-refractivity contribution in [2.24, 2.45) is 0 Å². The van der Waals surface area contributed by atoms with E-state index in [1.54, 1.807) is 0 Å². The van der Waals surface area contributed by atoms with Crippen LogP contribution in [0.15, 0.2) is 0 Å². The average molecular weight is 226 g/mol. The SMILES string of the molecule is CC(CCl)(CCl)NCC1CCCO1. The average Bonchev–Trinajstić information content (AvgIpc) is 2.67. The standard InChI is InChI=1S/C9H17Cl2NO/c1-9(6-10,7-11)12-5-8-3-2-4-13-8/h8,12H,2-7H2,1H3. The number of rotatable bonds is 5. The van der Waals surface area contributed by atoms with Gasteiger partial charge in [-0.05, 0) is 19.8 Å². The van der Waals surface area contributed by atoms with Crippen molar-refractivity contribution in [3.05, 3.63) is 0 Å². The van der Waals surface area contributed by atoms with Gasteiger partial charge in [0.15, 0.2) is 0 Å². The lowest BCUT2D eigenvalue weighted by atomic mass is 10.1. The minimum absolute atomic E-state index is 0.158. The first kappa shape index (κ1) is 11.6. The Morgan fingerprint density at radius 3 is 2.62 bits per heavy atom. The van der Waals surface area contributed by atoms with E-state index in [-0.39, 0.29) is 5.54 Å². The predicted molar refractivity (Wildman–Crippen MR) is 56.8 cm³/mol. The van der Waals surface area contributed by atoms with E-state index in [0.29, 0.717) is 17.9 Å². The Morgan fingerprint density at radius 2 is 2.15 bits per heavy atom. The zero-order valence-corrected chi connectivity index (χ0v) is 9.50. The quantitative estimate of drug-likeness (QED) is 0.724. The highest BCUT2D eigenvalue weighted by Gasteiger charge is 2.24. The zero-order valence-electron chi connectivity index (χ0n) is 7.98. The minimum atomic E-state index is -0.158. The number of hydrogen-bond acceptors (Lipinski definition) is 2. The highest BCUT2D eigenvalue weighted by atomic mass is 35.5. The van der Waals surface area contributed by atoms with Gasteiger partial charge in [-0.1, -0.05) is 0 Å². The maximum atomic E-state index is 5.81. The van der Waals surface area contributed by atoms with Gasteiger partial charge in [-0.2, -0.15) is 0 Å². The molecule has 0 amide bonds. The summed E-state index contributed by atoms with van der Waals surface area (Å²) in [5, 5.41) is 3.35. The largest absolute Gasteiger partial charge is 0.377 e. The molecule has 0 aromatic carbocycles. The van der Waals surface area contributed by atoms with Crippen LogP contribution < -0.4 is 5.32 Å². The Kier molecular flexibility index (Phi) is 4.81. The highest BCUT2D eigenvalue weighted by Crippen LogP contribution is 2.14. The summed E-state index contributed by atoms with van der Waals surface area (Å²) in [5.41, 5.74) is -0.158. The van der Waals surface area contributed by atoms with E-state index >= 15 is 0 Å². The van der Waals surface area contributed by atoms with Crippen LogP contribution in [-0.4, -0.2) is 36.6 Å². The molecule has 13 heavy (non-hydrogen) atoms. The number of alkyl halides is 2. The zero-order chi connectivity index (χ0) is 9.73. The number of hydrogen-bond donors (Lipinski definition) is 1. The van der Waals surface area contributed by atoms with Gasteiger partial charge in [0.2, 0.25) is 0 Å². The van der Waals surface area contributed by atoms with Crippen molar-refractivity contribution in [3.8, 4) is 0 Å². The van der Waals surface area contributed by atoms with Gasteiger partial charge in [-0.25, -0.2) is 0 Å². The van der Waals surface area contributed by atoms with E-state index in [4.69, 9.17) is 27.9 Å². The fraction of sp³-hybridized carbons (Fsp3) is 1.00. The van der Waals surface area contributed by atoms with Gasteiger partial charge >= 0.3 is 0 Å². The molecule has 1 saturated heterocycles. The summed E-state index contributed by atoms with van der Waals surface area (Å²) in [5.74, 6) is 1.06. The lowest BCUT2D eigenvalue weighted by molar-refractivity contribution is 0.104. The molecule has 1 aliphatic heterocycles. The van der Waals surface area contributed by atoms with Crippen molar-refractivity contribution in [2.45, 2.75) is 31.4 Å². The van der Waals surface area contributed by atoms with Crippen molar-refractivity contribution in [2.75, 3.05) is 24.9 Å². The first-order chi connectivity index (χ1) is 6.20. The second-order valence-corrected chi connectivity index (χ2v) is 4.38. The predicted octanol–water partition coefficient (Wildman–Crippen LogP) is 1.99. The molecular weight excluding hydrogens is 209 g/mol. The van der Waals surface area contributed by atoms with Gasteiger partial charge in [0.1, 0.15) is 0 Å². The normalized spacial score (nSPS) is 23.8. The molecule has 0 bridgehead atoms. The minimum Gasteiger partial charge on any atom is -0.377 e. The van der Waals surface area contributed by atoms with Crippen LogP contribution in [0, 0.1) is 0 Å². The van der Waals surface area contributed by atoms with E-state index in [1.807, 2.05) is 6.92 Å². The molecule has 0 aromatic rings. The Balaban J connectivity index is 2.22. The smallest absolute Gasteiger partial charge is 0.0700 e. The number of ether oxygens (including phenoxy) is 1. The molecular formula is C9H17Cl2NO. The van der Waals surface area contributed by atoms with Crippen LogP contribution >= 0.6 is 23.2 Å². The monoisotopic (exact) mass is 225 g/mol. The van der Waals surface area contributed by atoms with Crippen molar-refractivity contribution in [1.29, 1.82) is 0 Å². The molecule has 0 aromatic heterocycles. The van der Waals surface area contributed by atoms with Crippen molar-refractivity contribution >= 4 is 23.2 Å². The molecule has 0 saturated carbocycles. The highest BCUT2D eigenvalue weighted by molar-refractivity contribution is 6.22. The van der Waals surface area contributed by atoms with Gasteiger partial charge < -0.3 is 10.1 Å². The van der Waals surface area contributed by atoms with Crippen LogP contribution in [0.5, 0.6) is 0 Å². The summed E-state index contributed by atoms with van der Waals surface area (Å²) < 4.78 is 5.49. The molecule has 0 radical (unpaired) electrons. The third-order valence-electron chi connectivity index (χ3n) is 2.37. The number of nitrogens with one attached hydrogen (secondary N) is 1. The van der Waals surface area contributed by atoms with Crippen molar-refractivity contribution in [3.63, 3.8) is 0 Å². The van der Waals surface area contributed by atoms with E-state index in [2.05, 4.69) is 5.32 Å². The van der Waals surface area contributed by atoms with E-state index in [1.165, 1.54) is 6.42 Å². The maximum absolute atomic E-state index is 5.81. The summed E-state index contributed by atoms with van der Waals surface area (Å²) in [6, 6.07) is 0. The summed E-state index contributed by atoms with van der Waals surface area (Å²) >= 11 is 11.6. The molecule has 2 nitrogen and oxygen atoms in total. The topological polar surface area (TPSA) is 21.3 Å². The van der Waals surface area contributed by atoms with E-state index < -0.39 is 0 Å². The molecule has 4 heteroatoms. The summed E-state index contributed by atoms with van der Waals surface area (Å²) in [6.07, 6.45) is 2.67. The molecule has 1 fully saturated rings. The van der Waals surface area contributed by atoms with Gasteiger partial charge in [-0.15, -0.1) is 23.2 Å². The molecule has 0 aliphatic carbocycles. The maximum Gasteiger partial charge on any atom is 0.0700 e. The molecule has 78 valence electrons. The molecule has 0 spiro atoms. The summed E-state index contributed by atoms with van der Waals surface area (Å²) in [6.45, 7) is 3.78. The van der Waals surface area contributed by atoms with Crippen LogP contribution in [0.25, 0.3) is 0 Å². The molecule has 1 rings (SSSR count).